The Morgan fingerprint density at radius 1 is 1.13 bits per heavy atom. The molecule has 0 radical (unpaired) electrons. The van der Waals surface area contributed by atoms with Crippen LogP contribution in [0.1, 0.15) is 36.5 Å². The van der Waals surface area contributed by atoms with E-state index in [1.54, 1.807) is 17.6 Å². The number of aliphatic hydroxyl groups excluding tert-OH is 1. The molecule has 1 fully saturated rings. The van der Waals surface area contributed by atoms with E-state index in [0.717, 1.165) is 42.5 Å². The monoisotopic (exact) mass is 532 g/mol. The molecule has 0 amide bonds. The lowest BCUT2D eigenvalue weighted by molar-refractivity contribution is -0.190. The lowest BCUT2D eigenvalue weighted by Crippen LogP contribution is -2.51. The molecule has 0 aliphatic carbocycles. The Balaban J connectivity index is 1.30. The van der Waals surface area contributed by atoms with E-state index in [9.17, 15) is 14.4 Å². The molecule has 0 spiro atoms. The third-order valence-corrected chi connectivity index (χ3v) is 8.12. The van der Waals surface area contributed by atoms with Gasteiger partial charge in [0.2, 0.25) is 5.60 Å². The first kappa shape index (κ1) is 25.7. The third-order valence-electron chi connectivity index (χ3n) is 8.12. The predicted octanol–water partition coefficient (Wildman–Crippen LogP) is 1.63. The molecule has 5 heterocycles. The smallest absolute Gasteiger partial charge is 0.355 e. The molecule has 0 bridgehead atoms. The van der Waals surface area contributed by atoms with Gasteiger partial charge in [-0.05, 0) is 31.0 Å². The Labute approximate surface area is 225 Å². The van der Waals surface area contributed by atoms with Gasteiger partial charge in [-0.15, -0.1) is 0 Å². The van der Waals surface area contributed by atoms with Crippen molar-refractivity contribution < 1.29 is 24.2 Å². The number of hydrogen-bond acceptors (Lipinski definition) is 9. The third kappa shape index (κ3) is 4.42. The van der Waals surface area contributed by atoms with Crippen molar-refractivity contribution in [2.24, 2.45) is 0 Å². The number of hydrogen-bond donors (Lipinski definition) is 1. The maximum atomic E-state index is 13.7. The van der Waals surface area contributed by atoms with Crippen LogP contribution in [0.2, 0.25) is 0 Å². The van der Waals surface area contributed by atoms with Crippen LogP contribution in [-0.4, -0.2) is 82.3 Å². The molecule has 39 heavy (non-hydrogen) atoms. The van der Waals surface area contributed by atoms with Gasteiger partial charge in [0.05, 0.1) is 35.6 Å². The van der Waals surface area contributed by atoms with Gasteiger partial charge in [0.15, 0.2) is 0 Å². The van der Waals surface area contributed by atoms with Crippen molar-refractivity contribution in [2.75, 3.05) is 45.9 Å². The summed E-state index contributed by atoms with van der Waals surface area (Å²) in [5, 5.41) is 10.1. The number of para-hydroxylation sites is 1. The number of ether oxygens (including phenoxy) is 2. The van der Waals surface area contributed by atoms with Gasteiger partial charge in [0.1, 0.15) is 6.61 Å². The minimum atomic E-state index is -1.69. The molecule has 10 heteroatoms. The average Bonchev–Trinajstić information content (AvgIpc) is 3.31. The highest BCUT2D eigenvalue weighted by molar-refractivity contribution is 5.88. The fourth-order valence-electron chi connectivity index (χ4n) is 5.96. The second kappa shape index (κ2) is 10.2. The van der Waals surface area contributed by atoms with Crippen LogP contribution in [0.5, 0.6) is 0 Å². The molecule has 6 rings (SSSR count). The number of fused-ring (bicyclic) bond motifs is 5. The summed E-state index contributed by atoms with van der Waals surface area (Å²) in [6, 6.07) is 11.6. The van der Waals surface area contributed by atoms with Gasteiger partial charge >= 0.3 is 11.9 Å². The van der Waals surface area contributed by atoms with Gasteiger partial charge in [-0.2, -0.15) is 0 Å². The van der Waals surface area contributed by atoms with Gasteiger partial charge < -0.3 is 24.0 Å². The summed E-state index contributed by atoms with van der Waals surface area (Å²) in [7, 11) is 0. The lowest BCUT2D eigenvalue weighted by atomic mass is 9.85. The Morgan fingerprint density at radius 2 is 1.90 bits per heavy atom. The molecule has 10 nitrogen and oxygen atoms in total. The summed E-state index contributed by atoms with van der Waals surface area (Å²) < 4.78 is 13.1. The minimum Gasteiger partial charge on any atom is -0.457 e. The fraction of sp³-hybridized carbons (Fsp3) is 0.448. The quantitative estimate of drug-likeness (QED) is 0.355. The summed E-state index contributed by atoms with van der Waals surface area (Å²) in [5.74, 6) is -1.19. The SMILES string of the molecule is CCC1(OC(=O)CN2CCN(CCCO)CC2)C(=O)OCc2c1cc1n(c2=O)Cc2cc3ccccc3nc2-1. The minimum absolute atomic E-state index is 0.0402. The molecule has 3 aliphatic heterocycles. The fourth-order valence-corrected chi connectivity index (χ4v) is 5.96. The number of aliphatic hydroxyl groups is 1. The van der Waals surface area contributed by atoms with Crippen molar-refractivity contribution in [3.05, 3.63) is 63.4 Å². The maximum absolute atomic E-state index is 13.7. The summed E-state index contributed by atoms with van der Waals surface area (Å²) >= 11 is 0. The zero-order chi connectivity index (χ0) is 27.1. The predicted molar refractivity (Wildman–Crippen MR) is 143 cm³/mol. The Kier molecular flexibility index (Phi) is 6.70. The number of cyclic esters (lactones) is 1. The lowest BCUT2D eigenvalue weighted by Gasteiger charge is -2.37. The number of nitrogens with zero attached hydrogens (tertiary/aromatic N) is 4. The molecule has 204 valence electrons. The number of rotatable bonds is 7. The van der Waals surface area contributed by atoms with Crippen LogP contribution in [0.3, 0.4) is 0 Å². The molecule has 0 saturated carbocycles. The molecular weight excluding hydrogens is 500 g/mol. The first-order valence-corrected chi connectivity index (χ1v) is 13.5. The number of esters is 2. The molecule has 2 aromatic heterocycles. The van der Waals surface area contributed by atoms with E-state index in [4.69, 9.17) is 19.6 Å². The number of piperazine rings is 1. The van der Waals surface area contributed by atoms with E-state index in [1.165, 1.54) is 0 Å². The molecule has 1 atom stereocenters. The summed E-state index contributed by atoms with van der Waals surface area (Å²) in [6.45, 7) is 5.96. The van der Waals surface area contributed by atoms with Crippen molar-refractivity contribution in [1.29, 1.82) is 0 Å². The van der Waals surface area contributed by atoms with Crippen LogP contribution in [0.4, 0.5) is 0 Å². The van der Waals surface area contributed by atoms with E-state index >= 15 is 0 Å². The van der Waals surface area contributed by atoms with Crippen LogP contribution in [0, 0.1) is 0 Å². The van der Waals surface area contributed by atoms with Gasteiger partial charge in [-0.1, -0.05) is 25.1 Å². The zero-order valence-electron chi connectivity index (χ0n) is 22.0. The molecular formula is C29H32N4O6. The Bertz CT molecular complexity index is 1510. The molecule has 1 saturated heterocycles. The van der Waals surface area contributed by atoms with Crippen LogP contribution < -0.4 is 5.56 Å². The van der Waals surface area contributed by atoms with Crippen molar-refractivity contribution in [2.45, 2.75) is 38.5 Å². The molecule has 1 aromatic carbocycles. The van der Waals surface area contributed by atoms with E-state index in [1.807, 2.05) is 35.2 Å². The highest BCUT2D eigenvalue weighted by Crippen LogP contribution is 2.41. The topological polar surface area (TPSA) is 114 Å². The van der Waals surface area contributed by atoms with Gasteiger partial charge in [-0.3, -0.25) is 14.5 Å². The maximum Gasteiger partial charge on any atom is 0.355 e. The van der Waals surface area contributed by atoms with Crippen LogP contribution >= 0.6 is 0 Å². The first-order chi connectivity index (χ1) is 18.9. The van der Waals surface area contributed by atoms with Gasteiger partial charge in [0, 0.05) is 55.8 Å². The van der Waals surface area contributed by atoms with Crippen LogP contribution in [0.25, 0.3) is 22.3 Å². The van der Waals surface area contributed by atoms with Crippen molar-refractivity contribution in [3.8, 4) is 11.4 Å². The summed E-state index contributed by atoms with van der Waals surface area (Å²) in [4.78, 5) is 49.2. The van der Waals surface area contributed by atoms with E-state index in [-0.39, 0.29) is 31.7 Å². The van der Waals surface area contributed by atoms with Crippen molar-refractivity contribution in [3.63, 3.8) is 0 Å². The number of carbonyl (C=O) groups is 2. The van der Waals surface area contributed by atoms with Crippen molar-refractivity contribution >= 4 is 22.8 Å². The number of aromatic nitrogens is 2. The van der Waals surface area contributed by atoms with E-state index in [2.05, 4.69) is 4.90 Å². The van der Waals surface area contributed by atoms with E-state index in [0.29, 0.717) is 42.1 Å². The molecule has 3 aliphatic rings. The molecule has 3 aromatic rings. The zero-order valence-corrected chi connectivity index (χ0v) is 22.0. The summed E-state index contributed by atoms with van der Waals surface area (Å²) in [6.07, 6.45) is 0.864. The van der Waals surface area contributed by atoms with Crippen LogP contribution in [-0.2, 0) is 37.8 Å². The summed E-state index contributed by atoms with van der Waals surface area (Å²) in [5.41, 5.74) is 1.83. The second-order valence-electron chi connectivity index (χ2n) is 10.4. The number of benzene rings is 1. The molecule has 1 N–H and O–H groups in total. The highest BCUT2D eigenvalue weighted by atomic mass is 16.6. The number of pyridine rings is 2. The largest absolute Gasteiger partial charge is 0.457 e. The first-order valence-electron chi connectivity index (χ1n) is 13.5. The van der Waals surface area contributed by atoms with Crippen LogP contribution in [0.15, 0.2) is 41.2 Å². The standard InChI is InChI=1S/C29H32N4O6/c1-2-29(39-25(35)17-32-11-9-31(10-12-32)8-5-13-34)22-15-24-26-20(14-19-6-3-4-7-23(19)30-26)16-33(24)27(36)21(22)18-38-28(29)37/h3-4,6-7,14-15,34H,2,5,8-13,16-18H2,1H3. The second-order valence-corrected chi connectivity index (χ2v) is 10.4. The number of carbonyl (C=O) groups excluding carboxylic acids is 2. The molecule has 1 unspecified atom stereocenters. The Hall–Kier alpha value is -3.60. The normalized spacial score (nSPS) is 20.8. The van der Waals surface area contributed by atoms with Gasteiger partial charge in [-0.25, -0.2) is 9.78 Å². The highest BCUT2D eigenvalue weighted by Gasteiger charge is 2.50. The van der Waals surface area contributed by atoms with Gasteiger partial charge in [0.25, 0.3) is 5.56 Å². The van der Waals surface area contributed by atoms with E-state index < -0.39 is 17.5 Å². The van der Waals surface area contributed by atoms with Crippen molar-refractivity contribution in [1.82, 2.24) is 19.4 Å². The Morgan fingerprint density at radius 3 is 2.67 bits per heavy atom. The average molecular weight is 533 g/mol.